The van der Waals surface area contributed by atoms with E-state index < -0.39 is 0 Å². The van der Waals surface area contributed by atoms with E-state index in [1.54, 1.807) is 24.3 Å². The van der Waals surface area contributed by atoms with Gasteiger partial charge in [-0.2, -0.15) is 0 Å². The van der Waals surface area contributed by atoms with Gasteiger partial charge in [0.25, 0.3) is 5.91 Å². The number of amides is 2. The van der Waals surface area contributed by atoms with Gasteiger partial charge in [-0.05, 0) is 54.8 Å². The number of carbonyl (C=O) groups excluding carboxylic acids is 2. The quantitative estimate of drug-likeness (QED) is 0.809. The van der Waals surface area contributed by atoms with E-state index in [4.69, 9.17) is 4.74 Å². The van der Waals surface area contributed by atoms with Crippen LogP contribution >= 0.6 is 0 Å². The molecule has 0 fully saturated rings. The van der Waals surface area contributed by atoms with Crippen molar-refractivity contribution in [2.75, 3.05) is 18.5 Å². The first-order valence-electron chi connectivity index (χ1n) is 8.40. The van der Waals surface area contributed by atoms with Crippen LogP contribution < -0.4 is 15.4 Å². The van der Waals surface area contributed by atoms with Crippen LogP contribution in [0.2, 0.25) is 0 Å². The van der Waals surface area contributed by atoms with Crippen LogP contribution in [0.15, 0.2) is 48.5 Å². The average molecular weight is 340 g/mol. The predicted octanol–water partition coefficient (Wildman–Crippen LogP) is 3.58. The monoisotopic (exact) mass is 340 g/mol. The molecule has 5 nitrogen and oxygen atoms in total. The predicted molar refractivity (Wildman–Crippen MR) is 99.1 cm³/mol. The zero-order valence-corrected chi connectivity index (χ0v) is 14.8. The molecule has 132 valence electrons. The van der Waals surface area contributed by atoms with E-state index in [1.807, 2.05) is 31.2 Å². The average Bonchev–Trinajstić information content (AvgIpc) is 2.61. The van der Waals surface area contributed by atoms with Crippen LogP contribution in [0.3, 0.4) is 0 Å². The Morgan fingerprint density at radius 2 is 1.64 bits per heavy atom. The highest BCUT2D eigenvalue weighted by atomic mass is 16.5. The van der Waals surface area contributed by atoms with E-state index in [1.165, 1.54) is 5.56 Å². The minimum absolute atomic E-state index is 0.0853. The summed E-state index contributed by atoms with van der Waals surface area (Å²) in [6.45, 7) is 6.62. The molecule has 0 atom stereocenters. The van der Waals surface area contributed by atoms with E-state index in [2.05, 4.69) is 24.5 Å². The lowest BCUT2D eigenvalue weighted by Gasteiger charge is -2.09. The summed E-state index contributed by atoms with van der Waals surface area (Å²) in [5, 5.41) is 5.38. The van der Waals surface area contributed by atoms with E-state index in [-0.39, 0.29) is 18.4 Å². The van der Waals surface area contributed by atoms with Gasteiger partial charge in [-0.1, -0.05) is 26.0 Å². The molecule has 2 N–H and O–H groups in total. The van der Waals surface area contributed by atoms with Gasteiger partial charge in [0.15, 0.2) is 0 Å². The standard InChI is InChI=1S/C20H24N2O3/c1-4-25-18-11-7-16(8-12-18)20(24)21-13-19(23)22-17-9-5-15(6-10-17)14(2)3/h5-12,14H,4,13H2,1-3H3,(H,21,24)(H,22,23). The topological polar surface area (TPSA) is 67.4 Å². The molecule has 0 aliphatic rings. The zero-order chi connectivity index (χ0) is 18.2. The van der Waals surface area contributed by atoms with E-state index in [0.717, 1.165) is 0 Å². The lowest BCUT2D eigenvalue weighted by molar-refractivity contribution is -0.115. The minimum atomic E-state index is -0.298. The van der Waals surface area contributed by atoms with Crippen LogP contribution in [-0.4, -0.2) is 25.0 Å². The Labute approximate surface area is 148 Å². The summed E-state index contributed by atoms with van der Waals surface area (Å²) in [5.74, 6) is 0.588. The fraction of sp³-hybridized carbons (Fsp3) is 0.300. The summed E-state index contributed by atoms with van der Waals surface area (Å²) in [6.07, 6.45) is 0. The van der Waals surface area contributed by atoms with Gasteiger partial charge in [0.05, 0.1) is 13.2 Å². The molecule has 0 spiro atoms. The van der Waals surface area contributed by atoms with Gasteiger partial charge in [0.2, 0.25) is 5.91 Å². The lowest BCUT2D eigenvalue weighted by atomic mass is 10.0. The second kappa shape index (κ2) is 8.87. The maximum Gasteiger partial charge on any atom is 0.251 e. The molecule has 0 aliphatic carbocycles. The van der Waals surface area contributed by atoms with Crippen molar-refractivity contribution in [2.24, 2.45) is 0 Å². The normalized spacial score (nSPS) is 10.4. The summed E-state index contributed by atoms with van der Waals surface area (Å²) in [4.78, 5) is 24.0. The zero-order valence-electron chi connectivity index (χ0n) is 14.8. The number of hydrogen-bond donors (Lipinski definition) is 2. The molecule has 0 saturated carbocycles. The van der Waals surface area contributed by atoms with E-state index in [9.17, 15) is 9.59 Å². The smallest absolute Gasteiger partial charge is 0.251 e. The van der Waals surface area contributed by atoms with Crippen LogP contribution in [-0.2, 0) is 4.79 Å². The molecular weight excluding hydrogens is 316 g/mol. The first-order chi connectivity index (χ1) is 12.0. The molecule has 2 amide bonds. The Balaban J connectivity index is 1.83. The van der Waals surface area contributed by atoms with Crippen LogP contribution in [0.25, 0.3) is 0 Å². The van der Waals surface area contributed by atoms with Gasteiger partial charge in [-0.15, -0.1) is 0 Å². The Morgan fingerprint density at radius 1 is 1.00 bits per heavy atom. The molecule has 0 aliphatic heterocycles. The fourth-order valence-corrected chi connectivity index (χ4v) is 2.29. The number of ether oxygens (including phenoxy) is 1. The first-order valence-corrected chi connectivity index (χ1v) is 8.40. The van der Waals surface area contributed by atoms with Gasteiger partial charge >= 0.3 is 0 Å². The van der Waals surface area contributed by atoms with Gasteiger partial charge in [0.1, 0.15) is 5.75 Å². The van der Waals surface area contributed by atoms with Crippen LogP contribution in [0.5, 0.6) is 5.75 Å². The SMILES string of the molecule is CCOc1ccc(C(=O)NCC(=O)Nc2ccc(C(C)C)cc2)cc1. The second-order valence-corrected chi connectivity index (χ2v) is 5.96. The van der Waals surface area contributed by atoms with Gasteiger partial charge in [-0.3, -0.25) is 9.59 Å². The summed E-state index contributed by atoms with van der Waals surface area (Å²) >= 11 is 0. The Hall–Kier alpha value is -2.82. The molecular formula is C20H24N2O3. The molecule has 25 heavy (non-hydrogen) atoms. The highest BCUT2D eigenvalue weighted by Crippen LogP contribution is 2.17. The Bertz CT molecular complexity index is 707. The number of carbonyl (C=O) groups is 2. The summed E-state index contributed by atoms with van der Waals surface area (Å²) in [5.41, 5.74) is 2.41. The molecule has 0 heterocycles. The molecule has 0 aromatic heterocycles. The highest BCUT2D eigenvalue weighted by molar-refractivity contribution is 5.99. The summed E-state index contributed by atoms with van der Waals surface area (Å²) in [7, 11) is 0. The third kappa shape index (κ3) is 5.64. The van der Waals surface area contributed by atoms with Crippen LogP contribution in [0.1, 0.15) is 42.6 Å². The molecule has 0 unspecified atom stereocenters. The van der Waals surface area contributed by atoms with Gasteiger partial charge < -0.3 is 15.4 Å². The van der Waals surface area contributed by atoms with E-state index >= 15 is 0 Å². The highest BCUT2D eigenvalue weighted by Gasteiger charge is 2.09. The molecule has 2 aromatic rings. The fourth-order valence-electron chi connectivity index (χ4n) is 2.29. The number of benzene rings is 2. The number of rotatable bonds is 7. The van der Waals surface area contributed by atoms with Crippen molar-refractivity contribution in [2.45, 2.75) is 26.7 Å². The first kappa shape index (κ1) is 18.5. The largest absolute Gasteiger partial charge is 0.494 e. The molecule has 2 aromatic carbocycles. The third-order valence-corrected chi connectivity index (χ3v) is 3.70. The van der Waals surface area contributed by atoms with Crippen molar-refractivity contribution in [1.82, 2.24) is 5.32 Å². The van der Waals surface area contributed by atoms with E-state index in [0.29, 0.717) is 29.5 Å². The Kier molecular flexibility index (Phi) is 6.57. The maximum atomic E-state index is 12.1. The summed E-state index contributed by atoms with van der Waals surface area (Å²) in [6, 6.07) is 14.5. The van der Waals surface area contributed by atoms with Crippen LogP contribution in [0.4, 0.5) is 5.69 Å². The second-order valence-electron chi connectivity index (χ2n) is 5.96. The Morgan fingerprint density at radius 3 is 2.20 bits per heavy atom. The van der Waals surface area contributed by atoms with Gasteiger partial charge in [-0.25, -0.2) is 0 Å². The van der Waals surface area contributed by atoms with Crippen molar-refractivity contribution in [3.8, 4) is 5.75 Å². The van der Waals surface area contributed by atoms with Crippen molar-refractivity contribution >= 4 is 17.5 Å². The third-order valence-electron chi connectivity index (χ3n) is 3.70. The van der Waals surface area contributed by atoms with Crippen molar-refractivity contribution in [3.63, 3.8) is 0 Å². The summed E-state index contributed by atoms with van der Waals surface area (Å²) < 4.78 is 5.33. The number of hydrogen-bond acceptors (Lipinski definition) is 3. The number of anilines is 1. The maximum absolute atomic E-state index is 12.1. The van der Waals surface area contributed by atoms with Crippen LogP contribution in [0, 0.1) is 0 Å². The van der Waals surface area contributed by atoms with Gasteiger partial charge in [0, 0.05) is 11.3 Å². The molecule has 0 bridgehead atoms. The van der Waals surface area contributed by atoms with Crippen molar-refractivity contribution < 1.29 is 14.3 Å². The molecule has 0 radical (unpaired) electrons. The van der Waals surface area contributed by atoms with Crippen molar-refractivity contribution in [3.05, 3.63) is 59.7 Å². The molecule has 0 saturated heterocycles. The molecule has 5 heteroatoms. The molecule has 2 rings (SSSR count). The minimum Gasteiger partial charge on any atom is -0.494 e. The lowest BCUT2D eigenvalue weighted by Crippen LogP contribution is -2.32. The van der Waals surface area contributed by atoms with Crippen molar-refractivity contribution in [1.29, 1.82) is 0 Å². The number of nitrogens with one attached hydrogen (secondary N) is 2.